The molecule has 9 nitrogen and oxygen atoms in total. The highest BCUT2D eigenvalue weighted by molar-refractivity contribution is 5.94. The minimum absolute atomic E-state index is 0.0310. The van der Waals surface area contributed by atoms with E-state index in [-0.39, 0.29) is 18.9 Å². The van der Waals surface area contributed by atoms with E-state index in [1.165, 1.54) is 0 Å². The number of aliphatic hydroxyl groups is 1. The van der Waals surface area contributed by atoms with Gasteiger partial charge in [0.05, 0.1) is 12.1 Å². The molecule has 4 N–H and O–H groups in total. The summed E-state index contributed by atoms with van der Waals surface area (Å²) < 4.78 is 6.01. The van der Waals surface area contributed by atoms with Gasteiger partial charge in [0.25, 0.3) is 0 Å². The Kier molecular flexibility index (Phi) is 10.1. The summed E-state index contributed by atoms with van der Waals surface area (Å²) in [5.41, 5.74) is 4.77. The minimum Gasteiger partial charge on any atom is -0.444 e. The van der Waals surface area contributed by atoms with Crippen LogP contribution in [0.3, 0.4) is 0 Å². The molecule has 49 heavy (non-hydrogen) atoms. The van der Waals surface area contributed by atoms with Crippen molar-refractivity contribution in [2.75, 3.05) is 6.54 Å². The summed E-state index contributed by atoms with van der Waals surface area (Å²) in [6, 6.07) is 23.1. The van der Waals surface area contributed by atoms with E-state index in [9.17, 15) is 19.5 Å². The number of rotatable bonds is 8. The number of aromatic amines is 1. The molecule has 258 valence electrons. The van der Waals surface area contributed by atoms with E-state index in [4.69, 9.17) is 4.74 Å². The number of hydrogen-bond acceptors (Lipinski definition) is 5. The van der Waals surface area contributed by atoms with Crippen molar-refractivity contribution in [3.05, 3.63) is 95.7 Å². The van der Waals surface area contributed by atoms with Crippen molar-refractivity contribution in [1.29, 1.82) is 0 Å². The first kappa shape index (κ1) is 34.2. The molecule has 4 aromatic rings. The van der Waals surface area contributed by atoms with Gasteiger partial charge in [-0.15, -0.1) is 0 Å². The van der Waals surface area contributed by atoms with Crippen LogP contribution < -0.4 is 10.6 Å². The summed E-state index contributed by atoms with van der Waals surface area (Å²) in [6.45, 7) is 7.11. The van der Waals surface area contributed by atoms with Crippen LogP contribution in [0.15, 0.2) is 78.9 Å². The van der Waals surface area contributed by atoms with Crippen molar-refractivity contribution >= 4 is 28.8 Å². The molecule has 0 radical (unpaired) electrons. The number of ether oxygens (including phenoxy) is 1. The molecule has 3 unspecified atom stereocenters. The number of aliphatic hydroxyl groups excluding tert-OH is 1. The molecule has 4 atom stereocenters. The highest BCUT2D eigenvalue weighted by Crippen LogP contribution is 2.46. The molecule has 1 aromatic heterocycles. The van der Waals surface area contributed by atoms with Crippen LogP contribution in [0.2, 0.25) is 0 Å². The van der Waals surface area contributed by atoms with Crippen LogP contribution in [0.5, 0.6) is 0 Å². The number of carbonyl (C=O) groups excluding carboxylic acids is 3. The highest BCUT2D eigenvalue weighted by Gasteiger charge is 2.48. The standard InChI is InChI=1S/C40H48N4O5/c1-25(45)24-41-38(47)34(28-21-19-27(20-22-28)26-13-7-5-8-14-26)43-37(46)33-23-31-30-17-11-12-18-32(30)42-35(31)36(29-15-9-6-10-16-29)44(33)39(48)49-40(2,3)4/h5,7-8,11-14,17-22,25,29,33-34,36,42,45H,6,9-10,15-16,23-24H2,1-4H3,(H,41,47)(H,43,46)/t25?,33-,34?,36?/m1/s1. The van der Waals surface area contributed by atoms with Crippen LogP contribution in [-0.4, -0.2) is 57.2 Å². The molecule has 0 saturated heterocycles. The lowest BCUT2D eigenvalue weighted by atomic mass is 9.78. The SMILES string of the molecule is CC(O)CNC(=O)C(NC(=O)[C@H]1Cc2c([nH]c3ccccc23)C(C2CCCCC2)N1C(=O)OC(C)(C)C)c1ccc(-c2ccccc2)cc1. The molecule has 2 aliphatic rings. The molecule has 9 heteroatoms. The minimum atomic E-state index is -1.06. The van der Waals surface area contributed by atoms with E-state index in [0.29, 0.717) is 5.56 Å². The zero-order chi connectivity index (χ0) is 34.7. The normalized spacial score (nSPS) is 19.5. The quantitative estimate of drug-likeness (QED) is 0.162. The lowest BCUT2D eigenvalue weighted by Crippen LogP contribution is -2.58. The topological polar surface area (TPSA) is 124 Å². The Bertz CT molecular complexity index is 1770. The Hall–Kier alpha value is -4.63. The number of carbonyl (C=O) groups is 3. The Morgan fingerprint density at radius 1 is 0.918 bits per heavy atom. The molecule has 3 aromatic carbocycles. The molecule has 0 spiro atoms. The fourth-order valence-corrected chi connectivity index (χ4v) is 7.39. The average molecular weight is 665 g/mol. The van der Waals surface area contributed by atoms with Gasteiger partial charge in [0.15, 0.2) is 0 Å². The largest absolute Gasteiger partial charge is 0.444 e. The number of fused-ring (bicyclic) bond motifs is 3. The number of hydrogen-bond donors (Lipinski definition) is 4. The van der Waals surface area contributed by atoms with Crippen molar-refractivity contribution in [3.8, 4) is 11.1 Å². The van der Waals surface area contributed by atoms with Gasteiger partial charge in [0.2, 0.25) is 11.8 Å². The number of H-pyrrole nitrogens is 1. The predicted octanol–water partition coefficient (Wildman–Crippen LogP) is 6.97. The maximum Gasteiger partial charge on any atom is 0.411 e. The maximum absolute atomic E-state index is 14.7. The number of nitrogens with zero attached hydrogens (tertiary/aromatic N) is 1. The fourth-order valence-electron chi connectivity index (χ4n) is 7.39. The second kappa shape index (κ2) is 14.5. The van der Waals surface area contributed by atoms with Gasteiger partial charge in [-0.05, 0) is 74.8 Å². The van der Waals surface area contributed by atoms with E-state index in [1.807, 2.05) is 93.6 Å². The summed E-state index contributed by atoms with van der Waals surface area (Å²) in [6.07, 6.45) is 4.08. The molecule has 1 aliphatic heterocycles. The van der Waals surface area contributed by atoms with Gasteiger partial charge in [-0.3, -0.25) is 14.5 Å². The maximum atomic E-state index is 14.7. The van der Waals surface area contributed by atoms with Crippen LogP contribution in [0.1, 0.15) is 88.7 Å². The number of aromatic nitrogens is 1. The van der Waals surface area contributed by atoms with Gasteiger partial charge in [0, 0.05) is 29.6 Å². The molecule has 1 fully saturated rings. The number of para-hydroxylation sites is 1. The third-order valence-electron chi connectivity index (χ3n) is 9.65. The van der Waals surface area contributed by atoms with Crippen LogP contribution in [0.4, 0.5) is 4.79 Å². The molecule has 2 heterocycles. The molecule has 1 saturated carbocycles. The highest BCUT2D eigenvalue weighted by atomic mass is 16.6. The first-order valence-corrected chi connectivity index (χ1v) is 17.5. The van der Waals surface area contributed by atoms with E-state index in [0.717, 1.165) is 65.4 Å². The van der Waals surface area contributed by atoms with Crippen LogP contribution in [0.25, 0.3) is 22.0 Å². The van der Waals surface area contributed by atoms with E-state index >= 15 is 0 Å². The van der Waals surface area contributed by atoms with Gasteiger partial charge < -0.3 is 25.5 Å². The Morgan fingerprint density at radius 2 is 1.57 bits per heavy atom. The number of amides is 3. The smallest absolute Gasteiger partial charge is 0.411 e. The molecular formula is C40H48N4O5. The molecule has 3 amide bonds. The van der Waals surface area contributed by atoms with Crippen molar-refractivity contribution in [2.45, 2.75) is 96.1 Å². The number of nitrogens with one attached hydrogen (secondary N) is 3. The summed E-state index contributed by atoms with van der Waals surface area (Å²) in [7, 11) is 0. The Morgan fingerprint density at radius 3 is 2.24 bits per heavy atom. The molecule has 0 bridgehead atoms. The second-order valence-electron chi connectivity index (χ2n) is 14.5. The lowest BCUT2D eigenvalue weighted by Gasteiger charge is -2.45. The Labute approximate surface area is 288 Å². The van der Waals surface area contributed by atoms with Gasteiger partial charge in [-0.1, -0.05) is 92.1 Å². The Balaban J connectivity index is 1.40. The zero-order valence-electron chi connectivity index (χ0n) is 28.9. The van der Waals surface area contributed by atoms with E-state index in [2.05, 4.69) is 21.7 Å². The van der Waals surface area contributed by atoms with E-state index < -0.39 is 47.7 Å². The summed E-state index contributed by atoms with van der Waals surface area (Å²) in [4.78, 5) is 47.9. The third kappa shape index (κ3) is 7.67. The van der Waals surface area contributed by atoms with E-state index in [1.54, 1.807) is 11.8 Å². The zero-order valence-corrected chi connectivity index (χ0v) is 28.9. The van der Waals surface area contributed by atoms with Crippen LogP contribution in [0, 0.1) is 5.92 Å². The van der Waals surface area contributed by atoms with Gasteiger partial charge in [0.1, 0.15) is 17.7 Å². The predicted molar refractivity (Wildman–Crippen MR) is 191 cm³/mol. The van der Waals surface area contributed by atoms with Crippen molar-refractivity contribution < 1.29 is 24.2 Å². The van der Waals surface area contributed by atoms with Crippen molar-refractivity contribution in [2.24, 2.45) is 5.92 Å². The number of benzene rings is 3. The second-order valence-corrected chi connectivity index (χ2v) is 14.5. The van der Waals surface area contributed by atoms with Gasteiger partial charge >= 0.3 is 6.09 Å². The summed E-state index contributed by atoms with van der Waals surface area (Å²) >= 11 is 0. The third-order valence-corrected chi connectivity index (χ3v) is 9.65. The summed E-state index contributed by atoms with van der Waals surface area (Å²) in [5.74, 6) is -0.746. The fraction of sp³-hybridized carbons (Fsp3) is 0.425. The molecule has 6 rings (SSSR count). The molecular weight excluding hydrogens is 616 g/mol. The monoisotopic (exact) mass is 664 g/mol. The van der Waals surface area contributed by atoms with Gasteiger partial charge in [-0.2, -0.15) is 0 Å². The van der Waals surface area contributed by atoms with Crippen LogP contribution >= 0.6 is 0 Å². The first-order chi connectivity index (χ1) is 23.5. The average Bonchev–Trinajstić information content (AvgIpc) is 3.47. The summed E-state index contributed by atoms with van der Waals surface area (Å²) in [5, 5.41) is 16.8. The van der Waals surface area contributed by atoms with Crippen molar-refractivity contribution in [1.82, 2.24) is 20.5 Å². The lowest BCUT2D eigenvalue weighted by molar-refractivity contribution is -0.133. The van der Waals surface area contributed by atoms with Crippen molar-refractivity contribution in [3.63, 3.8) is 0 Å². The molecule has 1 aliphatic carbocycles. The van der Waals surface area contributed by atoms with Gasteiger partial charge in [-0.25, -0.2) is 4.79 Å². The van der Waals surface area contributed by atoms with Crippen LogP contribution in [-0.2, 0) is 20.7 Å². The first-order valence-electron chi connectivity index (χ1n) is 17.5.